The lowest BCUT2D eigenvalue weighted by Gasteiger charge is -2.12. The minimum atomic E-state index is -0.210. The van der Waals surface area contributed by atoms with Gasteiger partial charge in [-0.05, 0) is 12.3 Å². The van der Waals surface area contributed by atoms with Gasteiger partial charge in [0, 0.05) is 0 Å². The molecule has 1 atom stereocenters. The maximum absolute atomic E-state index is 11.1. The smallest absolute Gasteiger partial charge is 0.308 e. The van der Waals surface area contributed by atoms with Gasteiger partial charge >= 0.3 is 5.97 Å². The molecule has 1 unspecified atom stereocenters. The number of hydrogen-bond donors (Lipinski definition) is 1. The molecule has 0 bridgehead atoms. The monoisotopic (exact) mass is 174 g/mol. The summed E-state index contributed by atoms with van der Waals surface area (Å²) in [6.45, 7) is 5.99. The van der Waals surface area contributed by atoms with E-state index in [1.807, 2.05) is 6.92 Å². The van der Waals surface area contributed by atoms with Gasteiger partial charge in [-0.1, -0.05) is 20.8 Å². The molecule has 0 saturated carbocycles. The summed E-state index contributed by atoms with van der Waals surface area (Å²) in [5.41, 5.74) is 0. The van der Waals surface area contributed by atoms with Crippen LogP contribution in [0.15, 0.2) is 0 Å². The number of carbonyl (C=O) groups is 1. The maximum atomic E-state index is 11.1. The van der Waals surface area contributed by atoms with Crippen LogP contribution in [-0.4, -0.2) is 24.3 Å². The summed E-state index contributed by atoms with van der Waals surface area (Å²) in [6, 6.07) is 0. The Hall–Kier alpha value is -0.570. The number of aliphatic hydroxyl groups is 1. The number of ether oxygens (including phenoxy) is 1. The predicted octanol–water partition coefficient (Wildman–Crippen LogP) is 1.20. The second-order valence-corrected chi connectivity index (χ2v) is 3.42. The highest BCUT2D eigenvalue weighted by Gasteiger charge is 2.15. The van der Waals surface area contributed by atoms with E-state index in [1.165, 1.54) is 0 Å². The van der Waals surface area contributed by atoms with Gasteiger partial charge < -0.3 is 9.84 Å². The zero-order valence-corrected chi connectivity index (χ0v) is 8.04. The van der Waals surface area contributed by atoms with Gasteiger partial charge in [0.2, 0.25) is 0 Å². The minimum absolute atomic E-state index is 0.0588. The fraction of sp³-hybridized carbons (Fsp3) is 0.889. The van der Waals surface area contributed by atoms with E-state index in [0.717, 1.165) is 6.42 Å². The molecule has 0 radical (unpaired) electrons. The molecule has 12 heavy (non-hydrogen) atoms. The maximum Gasteiger partial charge on any atom is 0.308 e. The van der Waals surface area contributed by atoms with Crippen LogP contribution in [0.3, 0.4) is 0 Å². The second kappa shape index (κ2) is 6.00. The van der Waals surface area contributed by atoms with Gasteiger partial charge in [-0.25, -0.2) is 0 Å². The van der Waals surface area contributed by atoms with Gasteiger partial charge in [-0.3, -0.25) is 4.79 Å². The zero-order valence-electron chi connectivity index (χ0n) is 8.04. The van der Waals surface area contributed by atoms with Crippen LogP contribution in [0.1, 0.15) is 27.2 Å². The Morgan fingerprint density at radius 1 is 1.42 bits per heavy atom. The molecule has 0 heterocycles. The third-order valence-electron chi connectivity index (χ3n) is 1.56. The van der Waals surface area contributed by atoms with Crippen molar-refractivity contribution in [1.82, 2.24) is 0 Å². The Morgan fingerprint density at radius 2 is 2.00 bits per heavy atom. The summed E-state index contributed by atoms with van der Waals surface area (Å²) >= 11 is 0. The van der Waals surface area contributed by atoms with E-state index >= 15 is 0 Å². The lowest BCUT2D eigenvalue weighted by atomic mass is 9.99. The highest BCUT2D eigenvalue weighted by molar-refractivity contribution is 5.71. The Labute approximate surface area is 73.7 Å². The molecule has 0 aliphatic rings. The quantitative estimate of drug-likeness (QED) is 0.637. The van der Waals surface area contributed by atoms with Crippen molar-refractivity contribution < 1.29 is 14.6 Å². The molecule has 0 aliphatic carbocycles. The molecular weight excluding hydrogens is 156 g/mol. The summed E-state index contributed by atoms with van der Waals surface area (Å²) in [6.07, 6.45) is 0.838. The third kappa shape index (κ3) is 5.13. The molecular formula is C9H18O3. The van der Waals surface area contributed by atoms with Gasteiger partial charge in [-0.15, -0.1) is 0 Å². The van der Waals surface area contributed by atoms with E-state index in [9.17, 15) is 4.79 Å². The van der Waals surface area contributed by atoms with Gasteiger partial charge in [0.1, 0.15) is 6.61 Å². The summed E-state index contributed by atoms with van der Waals surface area (Å²) in [4.78, 5) is 11.1. The fourth-order valence-electron chi connectivity index (χ4n) is 1.09. The SMILES string of the molecule is CC(C)CC(C)C(=O)OCCO. The van der Waals surface area contributed by atoms with Crippen molar-refractivity contribution in [3.8, 4) is 0 Å². The van der Waals surface area contributed by atoms with Gasteiger partial charge in [0.05, 0.1) is 12.5 Å². The van der Waals surface area contributed by atoms with Crippen LogP contribution < -0.4 is 0 Å². The highest BCUT2D eigenvalue weighted by atomic mass is 16.5. The molecule has 0 aromatic heterocycles. The number of hydrogen-bond acceptors (Lipinski definition) is 3. The van der Waals surface area contributed by atoms with E-state index in [-0.39, 0.29) is 25.1 Å². The molecule has 1 N–H and O–H groups in total. The zero-order chi connectivity index (χ0) is 9.56. The van der Waals surface area contributed by atoms with Crippen molar-refractivity contribution >= 4 is 5.97 Å². The lowest BCUT2D eigenvalue weighted by Crippen LogP contribution is -2.18. The Kier molecular flexibility index (Phi) is 5.72. The van der Waals surface area contributed by atoms with Crippen molar-refractivity contribution in [3.63, 3.8) is 0 Å². The normalized spacial score (nSPS) is 13.1. The number of rotatable bonds is 5. The number of esters is 1. The van der Waals surface area contributed by atoms with Crippen LogP contribution in [0.2, 0.25) is 0 Å². The first kappa shape index (κ1) is 11.4. The molecule has 0 aromatic rings. The summed E-state index contributed by atoms with van der Waals surface area (Å²) in [7, 11) is 0. The molecule has 0 rings (SSSR count). The van der Waals surface area contributed by atoms with Crippen molar-refractivity contribution in [1.29, 1.82) is 0 Å². The molecule has 0 aliphatic heterocycles. The summed E-state index contributed by atoms with van der Waals surface area (Å²) in [5, 5.41) is 8.40. The minimum Gasteiger partial charge on any atom is -0.463 e. The van der Waals surface area contributed by atoms with Gasteiger partial charge in [-0.2, -0.15) is 0 Å². The first-order chi connectivity index (χ1) is 5.57. The topological polar surface area (TPSA) is 46.5 Å². The summed E-state index contributed by atoms with van der Waals surface area (Å²) in [5.74, 6) is 0.232. The van der Waals surface area contributed by atoms with Crippen molar-refractivity contribution in [3.05, 3.63) is 0 Å². The first-order valence-corrected chi connectivity index (χ1v) is 4.35. The van der Waals surface area contributed by atoms with Crippen molar-refractivity contribution in [2.75, 3.05) is 13.2 Å². The van der Waals surface area contributed by atoms with Crippen molar-refractivity contribution in [2.24, 2.45) is 11.8 Å². The first-order valence-electron chi connectivity index (χ1n) is 4.35. The molecule has 0 amide bonds. The molecule has 0 saturated heterocycles. The summed E-state index contributed by atoms with van der Waals surface area (Å²) < 4.78 is 4.76. The van der Waals surface area contributed by atoms with Crippen LogP contribution in [0.5, 0.6) is 0 Å². The third-order valence-corrected chi connectivity index (χ3v) is 1.56. The fourth-order valence-corrected chi connectivity index (χ4v) is 1.09. The molecule has 3 heteroatoms. The van der Waals surface area contributed by atoms with Crippen LogP contribution in [-0.2, 0) is 9.53 Å². The van der Waals surface area contributed by atoms with Crippen LogP contribution in [0.4, 0.5) is 0 Å². The van der Waals surface area contributed by atoms with E-state index in [2.05, 4.69) is 13.8 Å². The Balaban J connectivity index is 3.61. The van der Waals surface area contributed by atoms with E-state index in [1.54, 1.807) is 0 Å². The van der Waals surface area contributed by atoms with Crippen molar-refractivity contribution in [2.45, 2.75) is 27.2 Å². The molecule has 0 fully saturated rings. The van der Waals surface area contributed by atoms with Crippen LogP contribution in [0, 0.1) is 11.8 Å². The Morgan fingerprint density at radius 3 is 2.42 bits per heavy atom. The average Bonchev–Trinajstić information content (AvgIpc) is 1.98. The standard InChI is InChI=1S/C9H18O3/c1-7(2)6-8(3)9(11)12-5-4-10/h7-8,10H,4-6H2,1-3H3. The lowest BCUT2D eigenvalue weighted by molar-refractivity contribution is -0.149. The molecule has 0 aromatic carbocycles. The second-order valence-electron chi connectivity index (χ2n) is 3.42. The van der Waals surface area contributed by atoms with E-state index in [0.29, 0.717) is 5.92 Å². The van der Waals surface area contributed by atoms with Gasteiger partial charge in [0.15, 0.2) is 0 Å². The average molecular weight is 174 g/mol. The van der Waals surface area contributed by atoms with E-state index < -0.39 is 0 Å². The number of carbonyl (C=O) groups excluding carboxylic acids is 1. The largest absolute Gasteiger partial charge is 0.463 e. The number of aliphatic hydroxyl groups excluding tert-OH is 1. The predicted molar refractivity (Wildman–Crippen MR) is 46.7 cm³/mol. The Bertz CT molecular complexity index is 132. The molecule has 72 valence electrons. The van der Waals surface area contributed by atoms with Crippen LogP contribution in [0.25, 0.3) is 0 Å². The van der Waals surface area contributed by atoms with Crippen LogP contribution >= 0.6 is 0 Å². The molecule has 3 nitrogen and oxygen atoms in total. The molecule has 0 spiro atoms. The highest BCUT2D eigenvalue weighted by Crippen LogP contribution is 2.11. The van der Waals surface area contributed by atoms with E-state index in [4.69, 9.17) is 9.84 Å². The van der Waals surface area contributed by atoms with Gasteiger partial charge in [0.25, 0.3) is 0 Å².